The molecule has 6 nitrogen and oxygen atoms in total. The van der Waals surface area contributed by atoms with E-state index in [1.165, 1.54) is 9.80 Å². The molecule has 0 aromatic heterocycles. The van der Waals surface area contributed by atoms with E-state index >= 15 is 0 Å². The lowest BCUT2D eigenvalue weighted by Gasteiger charge is -2.48. The van der Waals surface area contributed by atoms with Gasteiger partial charge < -0.3 is 0 Å². The average molecular weight is 431 g/mol. The Morgan fingerprint density at radius 1 is 0.750 bits per heavy atom. The van der Waals surface area contributed by atoms with Gasteiger partial charge in [-0.25, -0.2) is 0 Å². The molecule has 0 N–H and O–H groups in total. The van der Waals surface area contributed by atoms with Crippen molar-refractivity contribution in [3.05, 3.63) is 70.8 Å². The fourth-order valence-corrected chi connectivity index (χ4v) is 5.91. The highest BCUT2D eigenvalue weighted by atomic mass is 16.2. The topological polar surface area (TPSA) is 74.8 Å². The van der Waals surface area contributed by atoms with Crippen molar-refractivity contribution in [2.45, 2.75) is 39.7 Å². The Labute approximate surface area is 187 Å². The van der Waals surface area contributed by atoms with Crippen LogP contribution in [0.3, 0.4) is 0 Å². The summed E-state index contributed by atoms with van der Waals surface area (Å²) in [5.74, 6) is -1.24. The molecule has 32 heavy (non-hydrogen) atoms. The van der Waals surface area contributed by atoms with Crippen molar-refractivity contribution in [1.82, 2.24) is 9.80 Å². The zero-order valence-electron chi connectivity index (χ0n) is 18.5. The molecule has 6 heteroatoms. The van der Waals surface area contributed by atoms with Crippen molar-refractivity contribution < 1.29 is 19.2 Å². The van der Waals surface area contributed by atoms with Gasteiger partial charge in [0.25, 0.3) is 23.6 Å². The summed E-state index contributed by atoms with van der Waals surface area (Å²) in [6, 6.07) is 13.4. The van der Waals surface area contributed by atoms with Crippen LogP contribution >= 0.6 is 0 Å². The first-order valence-corrected chi connectivity index (χ1v) is 11.1. The maximum absolute atomic E-state index is 13.3. The summed E-state index contributed by atoms with van der Waals surface area (Å²) in [5, 5.41) is 0. The number of fused-ring (bicyclic) bond motifs is 2. The van der Waals surface area contributed by atoms with Gasteiger partial charge in [-0.15, -0.1) is 0 Å². The molecule has 0 bridgehead atoms. The second-order valence-corrected chi connectivity index (χ2v) is 10.1. The van der Waals surface area contributed by atoms with E-state index in [4.69, 9.17) is 0 Å². The van der Waals surface area contributed by atoms with Gasteiger partial charge in [-0.2, -0.15) is 0 Å². The van der Waals surface area contributed by atoms with Crippen LogP contribution in [-0.2, 0) is 0 Å². The Morgan fingerprint density at radius 3 is 1.66 bits per heavy atom. The van der Waals surface area contributed by atoms with Crippen LogP contribution in [0.4, 0.5) is 0 Å². The molecular weight excluding hydrogens is 404 g/mol. The molecule has 2 aromatic rings. The van der Waals surface area contributed by atoms with Gasteiger partial charge in [0.15, 0.2) is 0 Å². The molecule has 1 saturated carbocycles. The number of imide groups is 2. The zero-order chi connectivity index (χ0) is 22.8. The van der Waals surface area contributed by atoms with Gasteiger partial charge in [0.05, 0.1) is 22.3 Å². The molecule has 3 atom stereocenters. The molecule has 3 unspecified atom stereocenters. The highest BCUT2D eigenvalue weighted by molar-refractivity contribution is 6.22. The summed E-state index contributed by atoms with van der Waals surface area (Å²) in [5.41, 5.74) is 1.61. The predicted molar refractivity (Wildman–Crippen MR) is 118 cm³/mol. The highest BCUT2D eigenvalue weighted by Gasteiger charge is 2.50. The predicted octanol–water partition coefficient (Wildman–Crippen LogP) is 4.02. The van der Waals surface area contributed by atoms with Gasteiger partial charge in [0.1, 0.15) is 0 Å². The van der Waals surface area contributed by atoms with Crippen LogP contribution in [0.2, 0.25) is 0 Å². The summed E-state index contributed by atoms with van der Waals surface area (Å²) < 4.78 is 0. The Bertz CT molecular complexity index is 1100. The summed E-state index contributed by atoms with van der Waals surface area (Å²) in [6.07, 6.45) is 1.52. The standard InChI is InChI=1S/C26H26N2O4/c1-15-12-26(2,3)13-21(28-24(31)18-10-6-7-11-19(18)25(28)32)20(15)14-27-22(29)16-8-4-5-9-17(16)23(27)30/h4-11,15,20-21H,12-14H2,1-3H3. The van der Waals surface area contributed by atoms with Gasteiger partial charge in [0, 0.05) is 18.5 Å². The lowest BCUT2D eigenvalue weighted by molar-refractivity contribution is 0.00907. The maximum Gasteiger partial charge on any atom is 0.261 e. The molecule has 0 saturated heterocycles. The van der Waals surface area contributed by atoms with Crippen LogP contribution < -0.4 is 0 Å². The van der Waals surface area contributed by atoms with E-state index in [0.29, 0.717) is 28.7 Å². The van der Waals surface area contributed by atoms with Crippen LogP contribution in [0, 0.1) is 17.3 Å². The van der Waals surface area contributed by atoms with Gasteiger partial charge in [0.2, 0.25) is 0 Å². The van der Waals surface area contributed by atoms with E-state index in [1.807, 2.05) is 0 Å². The van der Waals surface area contributed by atoms with Crippen molar-refractivity contribution >= 4 is 23.6 Å². The quantitative estimate of drug-likeness (QED) is 0.690. The van der Waals surface area contributed by atoms with Crippen molar-refractivity contribution in [2.75, 3.05) is 6.54 Å². The van der Waals surface area contributed by atoms with Crippen molar-refractivity contribution in [1.29, 1.82) is 0 Å². The smallest absolute Gasteiger partial charge is 0.261 e. The number of carbonyl (C=O) groups excluding carboxylic acids is 4. The Kier molecular flexibility index (Phi) is 4.59. The van der Waals surface area contributed by atoms with Crippen molar-refractivity contribution in [3.8, 4) is 0 Å². The van der Waals surface area contributed by atoms with E-state index in [0.717, 1.165) is 6.42 Å². The fraction of sp³-hybridized carbons (Fsp3) is 0.385. The first kappa shape index (κ1) is 20.6. The molecule has 2 aromatic carbocycles. The summed E-state index contributed by atoms with van der Waals surface area (Å²) >= 11 is 0. The lowest BCUT2D eigenvalue weighted by Crippen LogP contribution is -2.55. The molecular formula is C26H26N2O4. The summed E-state index contributed by atoms with van der Waals surface area (Å²) in [4.78, 5) is 55.3. The molecule has 1 aliphatic carbocycles. The third kappa shape index (κ3) is 3.00. The monoisotopic (exact) mass is 430 g/mol. The van der Waals surface area contributed by atoms with Crippen LogP contribution in [-0.4, -0.2) is 46.0 Å². The SMILES string of the molecule is CC1CC(C)(C)CC(N2C(=O)c3ccccc3C2=O)C1CN1C(=O)c2ccccc2C1=O. The maximum atomic E-state index is 13.3. The number of amides is 4. The lowest BCUT2D eigenvalue weighted by atomic mass is 9.64. The second kappa shape index (κ2) is 7.12. The van der Waals surface area contributed by atoms with Crippen molar-refractivity contribution in [3.63, 3.8) is 0 Å². The third-order valence-corrected chi connectivity index (χ3v) is 7.29. The molecule has 1 fully saturated rings. The molecule has 4 amide bonds. The van der Waals surface area contributed by atoms with E-state index in [9.17, 15) is 19.2 Å². The fourth-order valence-electron chi connectivity index (χ4n) is 5.91. The zero-order valence-corrected chi connectivity index (χ0v) is 18.5. The van der Waals surface area contributed by atoms with E-state index in [-0.39, 0.29) is 53.5 Å². The van der Waals surface area contributed by atoms with Gasteiger partial charge >= 0.3 is 0 Å². The van der Waals surface area contributed by atoms with E-state index in [2.05, 4.69) is 20.8 Å². The minimum absolute atomic E-state index is 0.0715. The minimum Gasteiger partial charge on any atom is -0.274 e. The summed E-state index contributed by atoms with van der Waals surface area (Å²) in [6.45, 7) is 6.58. The van der Waals surface area contributed by atoms with Crippen LogP contribution in [0.15, 0.2) is 48.5 Å². The molecule has 2 aliphatic heterocycles. The molecule has 5 rings (SSSR count). The number of benzene rings is 2. The normalized spacial score (nSPS) is 26.5. The van der Waals surface area contributed by atoms with Gasteiger partial charge in [-0.05, 0) is 48.4 Å². The van der Waals surface area contributed by atoms with Crippen LogP contribution in [0.1, 0.15) is 75.0 Å². The van der Waals surface area contributed by atoms with Gasteiger partial charge in [-0.3, -0.25) is 29.0 Å². The minimum atomic E-state index is -0.384. The second-order valence-electron chi connectivity index (χ2n) is 10.1. The molecule has 3 aliphatic rings. The largest absolute Gasteiger partial charge is 0.274 e. The molecule has 0 spiro atoms. The number of hydrogen-bond donors (Lipinski definition) is 0. The Hall–Kier alpha value is -3.28. The van der Waals surface area contributed by atoms with E-state index in [1.54, 1.807) is 48.5 Å². The number of carbonyl (C=O) groups is 4. The van der Waals surface area contributed by atoms with Crippen molar-refractivity contribution in [2.24, 2.45) is 17.3 Å². The Balaban J connectivity index is 1.50. The third-order valence-electron chi connectivity index (χ3n) is 7.29. The molecule has 2 heterocycles. The molecule has 0 radical (unpaired) electrons. The van der Waals surface area contributed by atoms with E-state index < -0.39 is 0 Å². The summed E-state index contributed by atoms with van der Waals surface area (Å²) in [7, 11) is 0. The highest BCUT2D eigenvalue weighted by Crippen LogP contribution is 2.46. The Morgan fingerprint density at radius 2 is 1.19 bits per heavy atom. The molecule has 164 valence electrons. The number of rotatable bonds is 3. The number of nitrogens with zero attached hydrogens (tertiary/aromatic N) is 2. The van der Waals surface area contributed by atoms with Crippen LogP contribution in [0.5, 0.6) is 0 Å². The first-order valence-electron chi connectivity index (χ1n) is 11.1. The number of hydrogen-bond acceptors (Lipinski definition) is 4. The van der Waals surface area contributed by atoms with Gasteiger partial charge in [-0.1, -0.05) is 45.0 Å². The van der Waals surface area contributed by atoms with Crippen LogP contribution in [0.25, 0.3) is 0 Å². The average Bonchev–Trinajstić information content (AvgIpc) is 3.15. The first-order chi connectivity index (χ1) is 15.2.